The van der Waals surface area contributed by atoms with Crippen LogP contribution in [-0.4, -0.2) is 25.8 Å². The largest absolute Gasteiger partial charge is 0.309 e. The SMILES string of the molecule is CC(C)NCc1cncc(-n2cc(I)cn2)n1. The molecule has 0 amide bonds. The van der Waals surface area contributed by atoms with Gasteiger partial charge in [-0.05, 0) is 22.6 Å². The first-order chi connectivity index (χ1) is 8.15. The summed E-state index contributed by atoms with van der Waals surface area (Å²) in [4.78, 5) is 8.68. The summed E-state index contributed by atoms with van der Waals surface area (Å²) in [6, 6.07) is 0.436. The lowest BCUT2D eigenvalue weighted by Gasteiger charge is -2.08. The molecule has 5 nitrogen and oxygen atoms in total. The Hall–Kier alpha value is -1.02. The fourth-order valence-corrected chi connectivity index (χ4v) is 1.71. The molecular weight excluding hydrogens is 329 g/mol. The molecule has 0 bridgehead atoms. The topological polar surface area (TPSA) is 55.6 Å². The molecule has 90 valence electrons. The van der Waals surface area contributed by atoms with Gasteiger partial charge in [0.15, 0.2) is 5.82 Å². The highest BCUT2D eigenvalue weighted by Gasteiger charge is 2.03. The first kappa shape index (κ1) is 12.4. The number of nitrogens with one attached hydrogen (secondary N) is 1. The molecule has 0 saturated heterocycles. The summed E-state index contributed by atoms with van der Waals surface area (Å²) in [5, 5.41) is 7.52. The van der Waals surface area contributed by atoms with Crippen molar-refractivity contribution in [1.82, 2.24) is 25.1 Å². The van der Waals surface area contributed by atoms with Gasteiger partial charge >= 0.3 is 0 Å². The summed E-state index contributed by atoms with van der Waals surface area (Å²) in [5.41, 5.74) is 0.918. The molecule has 0 saturated carbocycles. The minimum Gasteiger partial charge on any atom is -0.309 e. The van der Waals surface area contributed by atoms with E-state index in [1.807, 2.05) is 6.20 Å². The van der Waals surface area contributed by atoms with Gasteiger partial charge in [-0.15, -0.1) is 0 Å². The Morgan fingerprint density at radius 3 is 2.82 bits per heavy atom. The van der Waals surface area contributed by atoms with E-state index < -0.39 is 0 Å². The standard InChI is InChI=1S/C11H14IN5/c1-8(2)14-5-10-4-13-6-11(16-10)17-7-9(12)3-15-17/h3-4,6-8,14H,5H2,1-2H3. The molecule has 2 heterocycles. The number of aromatic nitrogens is 4. The smallest absolute Gasteiger partial charge is 0.172 e. The first-order valence-electron chi connectivity index (χ1n) is 5.40. The average Bonchev–Trinajstić information content (AvgIpc) is 2.74. The fourth-order valence-electron chi connectivity index (χ4n) is 1.33. The van der Waals surface area contributed by atoms with Crippen LogP contribution >= 0.6 is 22.6 Å². The Morgan fingerprint density at radius 1 is 1.35 bits per heavy atom. The fraction of sp³-hybridized carbons (Fsp3) is 0.364. The molecule has 17 heavy (non-hydrogen) atoms. The lowest BCUT2D eigenvalue weighted by atomic mass is 10.3. The predicted molar refractivity (Wildman–Crippen MR) is 73.8 cm³/mol. The highest BCUT2D eigenvalue weighted by atomic mass is 127. The van der Waals surface area contributed by atoms with Gasteiger partial charge in [0.2, 0.25) is 0 Å². The molecule has 0 aromatic carbocycles. The van der Waals surface area contributed by atoms with Crippen LogP contribution in [0.15, 0.2) is 24.8 Å². The zero-order valence-electron chi connectivity index (χ0n) is 9.76. The van der Waals surface area contributed by atoms with Crippen LogP contribution < -0.4 is 5.32 Å². The van der Waals surface area contributed by atoms with Crippen molar-refractivity contribution in [2.24, 2.45) is 0 Å². The lowest BCUT2D eigenvalue weighted by Crippen LogP contribution is -2.22. The molecular formula is C11H14IN5. The van der Waals surface area contributed by atoms with Gasteiger partial charge in [-0.3, -0.25) is 4.98 Å². The highest BCUT2D eigenvalue weighted by Crippen LogP contribution is 2.07. The monoisotopic (exact) mass is 343 g/mol. The van der Waals surface area contributed by atoms with E-state index in [1.54, 1.807) is 23.3 Å². The number of hydrogen-bond acceptors (Lipinski definition) is 4. The van der Waals surface area contributed by atoms with Gasteiger partial charge < -0.3 is 5.32 Å². The number of nitrogens with zero attached hydrogens (tertiary/aromatic N) is 4. The van der Waals surface area contributed by atoms with Crippen LogP contribution in [0.25, 0.3) is 5.82 Å². The van der Waals surface area contributed by atoms with Gasteiger partial charge in [0.05, 0.1) is 21.7 Å². The Morgan fingerprint density at radius 2 is 2.18 bits per heavy atom. The number of halogens is 1. The van der Waals surface area contributed by atoms with Crippen LogP contribution in [0.5, 0.6) is 0 Å². The minimum absolute atomic E-state index is 0.436. The number of hydrogen-bond donors (Lipinski definition) is 1. The van der Waals surface area contributed by atoms with Gasteiger partial charge in [-0.1, -0.05) is 13.8 Å². The molecule has 0 atom stereocenters. The number of rotatable bonds is 4. The molecule has 2 aromatic rings. The van der Waals surface area contributed by atoms with E-state index in [2.05, 4.69) is 56.8 Å². The van der Waals surface area contributed by atoms with E-state index in [4.69, 9.17) is 0 Å². The van der Waals surface area contributed by atoms with Crippen LogP contribution in [0.4, 0.5) is 0 Å². The molecule has 0 fully saturated rings. The summed E-state index contributed by atoms with van der Waals surface area (Å²) in [7, 11) is 0. The maximum atomic E-state index is 4.50. The Balaban J connectivity index is 2.16. The molecule has 2 aromatic heterocycles. The molecule has 0 unspecified atom stereocenters. The summed E-state index contributed by atoms with van der Waals surface area (Å²) >= 11 is 2.22. The van der Waals surface area contributed by atoms with Crippen molar-refractivity contribution in [3.8, 4) is 5.82 Å². The second-order valence-corrected chi connectivity index (χ2v) is 5.25. The van der Waals surface area contributed by atoms with Crippen molar-refractivity contribution >= 4 is 22.6 Å². The van der Waals surface area contributed by atoms with Crippen molar-refractivity contribution in [3.63, 3.8) is 0 Å². The third kappa shape index (κ3) is 3.47. The van der Waals surface area contributed by atoms with Gasteiger partial charge in [0, 0.05) is 25.0 Å². The summed E-state index contributed by atoms with van der Waals surface area (Å²) in [5.74, 6) is 0.746. The van der Waals surface area contributed by atoms with Crippen LogP contribution in [0, 0.1) is 3.57 Å². The summed E-state index contributed by atoms with van der Waals surface area (Å²) in [6.45, 7) is 4.93. The zero-order chi connectivity index (χ0) is 12.3. The average molecular weight is 343 g/mol. The van der Waals surface area contributed by atoms with Gasteiger partial charge in [0.25, 0.3) is 0 Å². The highest BCUT2D eigenvalue weighted by molar-refractivity contribution is 14.1. The van der Waals surface area contributed by atoms with Crippen molar-refractivity contribution in [3.05, 3.63) is 34.1 Å². The Kier molecular flexibility index (Phi) is 4.06. The van der Waals surface area contributed by atoms with Crippen LogP contribution in [-0.2, 0) is 6.54 Å². The van der Waals surface area contributed by atoms with Crippen molar-refractivity contribution in [2.45, 2.75) is 26.4 Å². The normalized spacial score (nSPS) is 11.1. The molecule has 0 aliphatic carbocycles. The quantitative estimate of drug-likeness (QED) is 0.860. The van der Waals surface area contributed by atoms with E-state index in [9.17, 15) is 0 Å². The zero-order valence-corrected chi connectivity index (χ0v) is 11.9. The second-order valence-electron chi connectivity index (χ2n) is 4.01. The predicted octanol–water partition coefficient (Wildman–Crippen LogP) is 1.76. The first-order valence-corrected chi connectivity index (χ1v) is 6.48. The van der Waals surface area contributed by atoms with E-state index in [1.165, 1.54) is 0 Å². The van der Waals surface area contributed by atoms with E-state index in [-0.39, 0.29) is 0 Å². The van der Waals surface area contributed by atoms with Gasteiger partial charge in [-0.2, -0.15) is 5.10 Å². The Labute approximate surface area is 114 Å². The van der Waals surface area contributed by atoms with Crippen molar-refractivity contribution in [2.75, 3.05) is 0 Å². The van der Waals surface area contributed by atoms with Crippen molar-refractivity contribution < 1.29 is 0 Å². The molecule has 2 rings (SSSR count). The van der Waals surface area contributed by atoms with Gasteiger partial charge in [-0.25, -0.2) is 9.67 Å². The summed E-state index contributed by atoms with van der Waals surface area (Å²) in [6.07, 6.45) is 7.20. The van der Waals surface area contributed by atoms with Crippen LogP contribution in [0.2, 0.25) is 0 Å². The molecule has 1 N–H and O–H groups in total. The maximum Gasteiger partial charge on any atom is 0.172 e. The molecule has 0 spiro atoms. The molecule has 0 radical (unpaired) electrons. The van der Waals surface area contributed by atoms with Gasteiger partial charge in [0.1, 0.15) is 0 Å². The van der Waals surface area contributed by atoms with E-state index in [0.717, 1.165) is 21.6 Å². The van der Waals surface area contributed by atoms with Crippen LogP contribution in [0.3, 0.4) is 0 Å². The maximum absolute atomic E-state index is 4.50. The molecule has 0 aliphatic heterocycles. The lowest BCUT2D eigenvalue weighted by molar-refractivity contribution is 0.579. The third-order valence-corrected chi connectivity index (χ3v) is 2.71. The van der Waals surface area contributed by atoms with E-state index >= 15 is 0 Å². The minimum atomic E-state index is 0.436. The summed E-state index contributed by atoms with van der Waals surface area (Å²) < 4.78 is 2.81. The molecule has 0 aliphatic rings. The second kappa shape index (κ2) is 5.54. The third-order valence-electron chi connectivity index (χ3n) is 2.15. The Bertz CT molecular complexity index is 494. The van der Waals surface area contributed by atoms with Crippen LogP contribution in [0.1, 0.15) is 19.5 Å². The molecule has 6 heteroatoms. The van der Waals surface area contributed by atoms with Crippen molar-refractivity contribution in [1.29, 1.82) is 0 Å². The van der Waals surface area contributed by atoms with E-state index in [0.29, 0.717) is 6.04 Å².